The number of hydrogen-bond donors (Lipinski definition) is 0. The summed E-state index contributed by atoms with van der Waals surface area (Å²) in [6.07, 6.45) is 3.53. The second-order valence-electron chi connectivity index (χ2n) is 4.20. The first-order valence-corrected chi connectivity index (χ1v) is 6.04. The molecule has 0 N–H and O–H groups in total. The Morgan fingerprint density at radius 1 is 1.12 bits per heavy atom. The van der Waals surface area contributed by atoms with Crippen molar-refractivity contribution in [1.82, 2.24) is 0 Å². The summed E-state index contributed by atoms with van der Waals surface area (Å²) in [6, 6.07) is 0. The van der Waals surface area contributed by atoms with Gasteiger partial charge in [-0.25, -0.2) is 4.79 Å². The highest BCUT2D eigenvalue weighted by atomic mass is 17.2. The van der Waals surface area contributed by atoms with Gasteiger partial charge in [-0.05, 0) is 12.3 Å². The average Bonchev–Trinajstić information content (AvgIpc) is 2.29. The molecule has 0 atom stereocenters. The molecule has 0 rings (SSSR count). The lowest BCUT2D eigenvalue weighted by atomic mass is 10.1. The molecular formula is C12H22O5. The molecule has 5 heteroatoms. The summed E-state index contributed by atoms with van der Waals surface area (Å²) < 4.78 is 4.71. The van der Waals surface area contributed by atoms with E-state index in [2.05, 4.69) is 23.6 Å². The van der Waals surface area contributed by atoms with Crippen LogP contribution in [0.5, 0.6) is 0 Å². The summed E-state index contributed by atoms with van der Waals surface area (Å²) in [5.41, 5.74) is 0. The van der Waals surface area contributed by atoms with Gasteiger partial charge in [-0.2, -0.15) is 0 Å². The van der Waals surface area contributed by atoms with Gasteiger partial charge < -0.3 is 4.74 Å². The minimum Gasteiger partial charge on any atom is -0.434 e. The standard InChI is InChI=1S/C12H22O5/c1-4-11(13)17-16-9-15-12(14)8-6-5-7-10(2)3/h10H,4-9H2,1-3H3. The van der Waals surface area contributed by atoms with Crippen LogP contribution in [0.4, 0.5) is 0 Å². The Hall–Kier alpha value is -1.10. The summed E-state index contributed by atoms with van der Waals surface area (Å²) in [7, 11) is 0. The van der Waals surface area contributed by atoms with Crippen LogP contribution in [0.3, 0.4) is 0 Å². The first-order chi connectivity index (χ1) is 8.06. The molecule has 0 spiro atoms. The van der Waals surface area contributed by atoms with Gasteiger partial charge in [-0.15, -0.1) is 4.89 Å². The van der Waals surface area contributed by atoms with Crippen LogP contribution in [0.15, 0.2) is 0 Å². The van der Waals surface area contributed by atoms with Crippen molar-refractivity contribution in [3.63, 3.8) is 0 Å². The minimum absolute atomic E-state index is 0.225. The van der Waals surface area contributed by atoms with E-state index in [-0.39, 0.29) is 19.2 Å². The van der Waals surface area contributed by atoms with Crippen LogP contribution in [0.2, 0.25) is 0 Å². The molecule has 0 aromatic carbocycles. The molecule has 0 aromatic heterocycles. The summed E-state index contributed by atoms with van der Waals surface area (Å²) in [5.74, 6) is -0.165. The van der Waals surface area contributed by atoms with Crippen LogP contribution in [0.1, 0.15) is 52.9 Å². The highest BCUT2D eigenvalue weighted by Gasteiger charge is 2.04. The molecule has 0 saturated heterocycles. The maximum absolute atomic E-state index is 11.2. The van der Waals surface area contributed by atoms with Crippen molar-refractivity contribution in [3.8, 4) is 0 Å². The number of esters is 1. The fourth-order valence-electron chi connectivity index (χ4n) is 1.13. The third-order valence-electron chi connectivity index (χ3n) is 2.12. The van der Waals surface area contributed by atoms with E-state index in [0.29, 0.717) is 12.3 Å². The minimum atomic E-state index is -0.488. The molecule has 0 heterocycles. The molecule has 17 heavy (non-hydrogen) atoms. The highest BCUT2D eigenvalue weighted by molar-refractivity contribution is 5.69. The molecule has 0 amide bonds. The van der Waals surface area contributed by atoms with Crippen molar-refractivity contribution >= 4 is 11.9 Å². The largest absolute Gasteiger partial charge is 0.434 e. The second-order valence-corrected chi connectivity index (χ2v) is 4.20. The van der Waals surface area contributed by atoms with Crippen molar-refractivity contribution < 1.29 is 24.1 Å². The number of carbonyl (C=O) groups excluding carboxylic acids is 2. The first kappa shape index (κ1) is 15.9. The maximum Gasteiger partial charge on any atom is 0.342 e. The number of rotatable bonds is 9. The van der Waals surface area contributed by atoms with Gasteiger partial charge in [0.2, 0.25) is 6.79 Å². The molecule has 0 saturated carbocycles. The van der Waals surface area contributed by atoms with E-state index < -0.39 is 5.97 Å². The summed E-state index contributed by atoms with van der Waals surface area (Å²) in [6.45, 7) is 5.60. The quantitative estimate of drug-likeness (QED) is 0.206. The van der Waals surface area contributed by atoms with E-state index >= 15 is 0 Å². The van der Waals surface area contributed by atoms with Gasteiger partial charge in [0, 0.05) is 12.8 Å². The zero-order valence-electron chi connectivity index (χ0n) is 10.9. The number of ether oxygens (including phenoxy) is 1. The molecule has 0 fully saturated rings. The lowest BCUT2D eigenvalue weighted by Gasteiger charge is -2.05. The predicted octanol–water partition coefficient (Wildman–Crippen LogP) is 2.59. The summed E-state index contributed by atoms with van der Waals surface area (Å²) in [4.78, 5) is 30.5. The third kappa shape index (κ3) is 11.2. The second kappa shape index (κ2) is 10.1. The van der Waals surface area contributed by atoms with E-state index in [1.807, 2.05) is 0 Å². The number of carbonyl (C=O) groups is 2. The SMILES string of the molecule is CCC(=O)OOCOC(=O)CCCCC(C)C. The molecular weight excluding hydrogens is 224 g/mol. The Balaban J connectivity index is 3.32. The van der Waals surface area contributed by atoms with E-state index in [1.54, 1.807) is 6.92 Å². The molecule has 0 aliphatic carbocycles. The molecule has 100 valence electrons. The monoisotopic (exact) mass is 246 g/mol. The van der Waals surface area contributed by atoms with E-state index in [1.165, 1.54) is 0 Å². The van der Waals surface area contributed by atoms with Gasteiger partial charge in [0.15, 0.2) is 0 Å². The first-order valence-electron chi connectivity index (χ1n) is 6.04. The molecule has 0 bridgehead atoms. The summed E-state index contributed by atoms with van der Waals surface area (Å²) in [5, 5.41) is 0. The van der Waals surface area contributed by atoms with Gasteiger partial charge >= 0.3 is 11.9 Å². The molecule has 0 aromatic rings. The van der Waals surface area contributed by atoms with Crippen molar-refractivity contribution in [1.29, 1.82) is 0 Å². The van der Waals surface area contributed by atoms with E-state index in [9.17, 15) is 9.59 Å². The summed E-state index contributed by atoms with van der Waals surface area (Å²) >= 11 is 0. The number of unbranched alkanes of at least 4 members (excludes halogenated alkanes) is 1. The van der Waals surface area contributed by atoms with Crippen LogP contribution >= 0.6 is 0 Å². The Morgan fingerprint density at radius 3 is 2.41 bits per heavy atom. The van der Waals surface area contributed by atoms with Crippen molar-refractivity contribution in [2.45, 2.75) is 52.9 Å². The van der Waals surface area contributed by atoms with Gasteiger partial charge in [-0.3, -0.25) is 9.68 Å². The van der Waals surface area contributed by atoms with E-state index in [4.69, 9.17) is 4.74 Å². The Labute approximate surface area is 102 Å². The average molecular weight is 246 g/mol. The molecule has 5 nitrogen and oxygen atoms in total. The van der Waals surface area contributed by atoms with Gasteiger partial charge in [0.1, 0.15) is 0 Å². The van der Waals surface area contributed by atoms with Crippen molar-refractivity contribution in [2.75, 3.05) is 6.79 Å². The Morgan fingerprint density at radius 2 is 1.82 bits per heavy atom. The van der Waals surface area contributed by atoms with Crippen molar-refractivity contribution in [3.05, 3.63) is 0 Å². The van der Waals surface area contributed by atoms with Crippen LogP contribution in [0.25, 0.3) is 0 Å². The normalized spacial score (nSPS) is 10.4. The van der Waals surface area contributed by atoms with E-state index in [0.717, 1.165) is 19.3 Å². The molecule has 0 aliphatic heterocycles. The zero-order valence-corrected chi connectivity index (χ0v) is 10.9. The van der Waals surface area contributed by atoms with Gasteiger partial charge in [0.25, 0.3) is 0 Å². The lowest BCUT2D eigenvalue weighted by Crippen LogP contribution is -2.11. The molecule has 0 unspecified atom stereocenters. The van der Waals surface area contributed by atoms with Gasteiger partial charge in [0.05, 0.1) is 0 Å². The third-order valence-corrected chi connectivity index (χ3v) is 2.12. The fourth-order valence-corrected chi connectivity index (χ4v) is 1.13. The fraction of sp³-hybridized carbons (Fsp3) is 0.833. The van der Waals surface area contributed by atoms with Crippen LogP contribution in [-0.4, -0.2) is 18.7 Å². The number of hydrogen-bond acceptors (Lipinski definition) is 5. The van der Waals surface area contributed by atoms with Crippen LogP contribution < -0.4 is 0 Å². The van der Waals surface area contributed by atoms with Crippen LogP contribution in [0, 0.1) is 5.92 Å². The highest BCUT2D eigenvalue weighted by Crippen LogP contribution is 2.08. The Bertz CT molecular complexity index is 225. The smallest absolute Gasteiger partial charge is 0.342 e. The topological polar surface area (TPSA) is 61.8 Å². The van der Waals surface area contributed by atoms with Crippen molar-refractivity contribution in [2.24, 2.45) is 5.92 Å². The zero-order chi connectivity index (χ0) is 13.1. The molecule has 0 radical (unpaired) electrons. The predicted molar refractivity (Wildman–Crippen MR) is 61.7 cm³/mol. The maximum atomic E-state index is 11.2. The lowest BCUT2D eigenvalue weighted by molar-refractivity contribution is -0.305. The van der Waals surface area contributed by atoms with Gasteiger partial charge in [-0.1, -0.05) is 33.6 Å². The Kier molecular flexibility index (Phi) is 9.43. The van der Waals surface area contributed by atoms with Crippen LogP contribution in [-0.2, 0) is 24.1 Å². The molecule has 0 aliphatic rings.